The van der Waals surface area contributed by atoms with Gasteiger partial charge < -0.3 is 0 Å². The quantitative estimate of drug-likeness (QED) is 0.501. The molecular weight excluding hydrogens is 175 g/mol. The first-order valence-corrected chi connectivity index (χ1v) is 7.30. The average molecular weight is 202 g/mol. The zero-order valence-electron chi connectivity index (χ0n) is 9.90. The van der Waals surface area contributed by atoms with Crippen molar-refractivity contribution in [1.29, 1.82) is 0 Å². The van der Waals surface area contributed by atoms with E-state index in [4.69, 9.17) is 0 Å². The van der Waals surface area contributed by atoms with Gasteiger partial charge in [-0.05, 0) is 30.6 Å². The van der Waals surface area contributed by atoms with Gasteiger partial charge in [-0.3, -0.25) is 0 Å². The molecule has 0 aliphatic carbocycles. The monoisotopic (exact) mass is 202 g/mol. The largest absolute Gasteiger partial charge is 0.119 e. The molecule has 0 radical (unpaired) electrons. The first kappa shape index (κ1) is 13.4. The second-order valence-electron chi connectivity index (χ2n) is 3.96. The molecule has 0 aliphatic rings. The fraction of sp³-hybridized carbons (Fsp3) is 1.00. The lowest BCUT2D eigenvalue weighted by Gasteiger charge is -2.20. The number of rotatable bonds is 8. The third-order valence-electron chi connectivity index (χ3n) is 2.88. The van der Waals surface area contributed by atoms with Crippen LogP contribution in [0.25, 0.3) is 0 Å². The molecule has 80 valence electrons. The maximum absolute atomic E-state index is 2.35. The molecule has 0 N–H and O–H groups in total. The van der Waals surface area contributed by atoms with Crippen molar-refractivity contribution in [2.45, 2.75) is 65.5 Å². The molecular formula is C12H27P. The molecule has 1 heteroatoms. The summed E-state index contributed by atoms with van der Waals surface area (Å²) in [6, 6.07) is 0. The van der Waals surface area contributed by atoms with Gasteiger partial charge in [-0.2, -0.15) is 0 Å². The normalized spacial score (nSPS) is 16.6. The fourth-order valence-electron chi connectivity index (χ4n) is 1.98. The van der Waals surface area contributed by atoms with Crippen LogP contribution in [0.4, 0.5) is 0 Å². The Morgan fingerprint density at radius 1 is 1.00 bits per heavy atom. The lowest BCUT2D eigenvalue weighted by Crippen LogP contribution is -2.08. The van der Waals surface area contributed by atoms with Gasteiger partial charge in [-0.1, -0.05) is 47.0 Å². The van der Waals surface area contributed by atoms with Crippen molar-refractivity contribution in [3.8, 4) is 0 Å². The maximum Gasteiger partial charge on any atom is -0.0237 e. The van der Waals surface area contributed by atoms with Gasteiger partial charge in [0.1, 0.15) is 0 Å². The van der Waals surface area contributed by atoms with Gasteiger partial charge in [0, 0.05) is 0 Å². The van der Waals surface area contributed by atoms with Crippen LogP contribution >= 0.6 is 8.58 Å². The molecule has 0 amide bonds. The van der Waals surface area contributed by atoms with Crippen LogP contribution < -0.4 is 0 Å². The van der Waals surface area contributed by atoms with E-state index in [1.54, 1.807) is 0 Å². The van der Waals surface area contributed by atoms with Crippen LogP contribution in [0.1, 0.15) is 59.8 Å². The lowest BCUT2D eigenvalue weighted by molar-refractivity contribution is 0.422. The van der Waals surface area contributed by atoms with Crippen LogP contribution in [0.15, 0.2) is 0 Å². The van der Waals surface area contributed by atoms with E-state index in [0.29, 0.717) is 0 Å². The number of hydrogen-bond donors (Lipinski definition) is 0. The van der Waals surface area contributed by atoms with Crippen LogP contribution in [-0.4, -0.2) is 11.8 Å². The van der Waals surface area contributed by atoms with Crippen molar-refractivity contribution >= 4 is 8.58 Å². The third kappa shape index (κ3) is 6.49. The maximum atomic E-state index is 2.35. The smallest absolute Gasteiger partial charge is 0.0237 e. The molecule has 0 nitrogen and oxygen atoms in total. The Morgan fingerprint density at radius 3 is 2.08 bits per heavy atom. The Bertz CT molecular complexity index is 89.3. The van der Waals surface area contributed by atoms with Gasteiger partial charge in [0.05, 0.1) is 0 Å². The Labute approximate surface area is 86.7 Å². The van der Waals surface area contributed by atoms with Gasteiger partial charge in [-0.15, -0.1) is 8.58 Å². The Morgan fingerprint density at radius 2 is 1.69 bits per heavy atom. The van der Waals surface area contributed by atoms with Gasteiger partial charge in [0.2, 0.25) is 0 Å². The van der Waals surface area contributed by atoms with E-state index in [9.17, 15) is 0 Å². The zero-order valence-corrected chi connectivity index (χ0v) is 10.9. The molecule has 0 heterocycles. The predicted molar refractivity (Wildman–Crippen MR) is 66.2 cm³/mol. The van der Waals surface area contributed by atoms with E-state index >= 15 is 0 Å². The van der Waals surface area contributed by atoms with Crippen LogP contribution in [0, 0.1) is 5.92 Å². The van der Waals surface area contributed by atoms with Crippen LogP contribution in [0.2, 0.25) is 0 Å². The summed E-state index contributed by atoms with van der Waals surface area (Å²) in [5.74, 6) is 1.01. The minimum Gasteiger partial charge on any atom is -0.119 e. The Kier molecular flexibility index (Phi) is 9.30. The van der Waals surface area contributed by atoms with Crippen LogP contribution in [0.3, 0.4) is 0 Å². The molecule has 0 spiro atoms. The van der Waals surface area contributed by atoms with Gasteiger partial charge in [-0.25, -0.2) is 0 Å². The number of hydrogen-bond acceptors (Lipinski definition) is 0. The van der Waals surface area contributed by atoms with Crippen molar-refractivity contribution in [2.75, 3.05) is 6.16 Å². The summed E-state index contributed by atoms with van der Waals surface area (Å²) in [4.78, 5) is 0. The van der Waals surface area contributed by atoms with Crippen LogP contribution in [0.5, 0.6) is 0 Å². The van der Waals surface area contributed by atoms with E-state index < -0.39 is 0 Å². The Balaban J connectivity index is 3.73. The summed E-state index contributed by atoms with van der Waals surface area (Å²) in [5.41, 5.74) is 1.03. The fourth-order valence-corrected chi connectivity index (χ4v) is 3.35. The van der Waals surface area contributed by atoms with Gasteiger partial charge in [0.15, 0.2) is 0 Å². The van der Waals surface area contributed by atoms with Crippen molar-refractivity contribution in [3.63, 3.8) is 0 Å². The second-order valence-corrected chi connectivity index (χ2v) is 5.89. The first-order valence-electron chi connectivity index (χ1n) is 6.01. The minimum absolute atomic E-state index is 1.01. The molecule has 0 aromatic heterocycles. The van der Waals surface area contributed by atoms with Crippen molar-refractivity contribution in [2.24, 2.45) is 5.92 Å². The molecule has 0 aromatic carbocycles. The van der Waals surface area contributed by atoms with Gasteiger partial charge >= 0.3 is 0 Å². The minimum atomic E-state index is 1.01. The summed E-state index contributed by atoms with van der Waals surface area (Å²) >= 11 is 0. The predicted octanol–water partition coefficient (Wildman–Crippen LogP) is 4.68. The summed E-state index contributed by atoms with van der Waals surface area (Å²) in [6.45, 7) is 9.34. The highest BCUT2D eigenvalue weighted by molar-refractivity contribution is 7.38. The molecule has 0 saturated heterocycles. The highest BCUT2D eigenvalue weighted by Crippen LogP contribution is 2.30. The van der Waals surface area contributed by atoms with Gasteiger partial charge in [0.25, 0.3) is 0 Å². The molecule has 0 aromatic rings. The summed E-state index contributed by atoms with van der Waals surface area (Å²) in [6.07, 6.45) is 8.48. The van der Waals surface area contributed by atoms with E-state index in [2.05, 4.69) is 27.7 Å². The first-order chi connectivity index (χ1) is 6.28. The van der Waals surface area contributed by atoms with Crippen molar-refractivity contribution in [1.82, 2.24) is 0 Å². The van der Waals surface area contributed by atoms with E-state index in [1.165, 1.54) is 46.8 Å². The van der Waals surface area contributed by atoms with Crippen molar-refractivity contribution in [3.05, 3.63) is 0 Å². The van der Waals surface area contributed by atoms with E-state index in [0.717, 1.165) is 11.6 Å². The lowest BCUT2D eigenvalue weighted by atomic mass is 9.94. The zero-order chi connectivity index (χ0) is 10.1. The summed E-state index contributed by atoms with van der Waals surface area (Å²) < 4.78 is 0. The molecule has 0 bridgehead atoms. The van der Waals surface area contributed by atoms with E-state index in [1.807, 2.05) is 0 Å². The molecule has 0 aliphatic heterocycles. The van der Waals surface area contributed by atoms with Crippen LogP contribution in [-0.2, 0) is 0 Å². The molecule has 0 rings (SSSR count). The molecule has 0 fully saturated rings. The standard InChI is InChI=1S/C12H27P/c1-5-9-11(6-2)10-12(7-3)13-8-4/h11-13H,5-10H2,1-4H3. The highest BCUT2D eigenvalue weighted by atomic mass is 31.1. The van der Waals surface area contributed by atoms with Crippen molar-refractivity contribution < 1.29 is 0 Å². The second kappa shape index (κ2) is 9.00. The molecule has 3 unspecified atom stereocenters. The molecule has 3 atom stereocenters. The molecule has 13 heavy (non-hydrogen) atoms. The third-order valence-corrected chi connectivity index (χ3v) is 4.51. The highest BCUT2D eigenvalue weighted by Gasteiger charge is 2.12. The average Bonchev–Trinajstić information content (AvgIpc) is 2.16. The SMILES string of the molecule is CCCC(CC)CC(CC)PCC. The van der Waals surface area contributed by atoms with E-state index in [-0.39, 0.29) is 0 Å². The molecule has 0 saturated carbocycles. The summed E-state index contributed by atoms with van der Waals surface area (Å²) in [5, 5.41) is 0. The Hall–Kier alpha value is 0.430. The summed E-state index contributed by atoms with van der Waals surface area (Å²) in [7, 11) is 1.21. The topological polar surface area (TPSA) is 0 Å².